The lowest BCUT2D eigenvalue weighted by Gasteiger charge is -2.34. The Labute approximate surface area is 206 Å². The van der Waals surface area contributed by atoms with Crippen LogP contribution < -0.4 is 16.2 Å². The molecule has 34 heavy (non-hydrogen) atoms. The Morgan fingerprint density at radius 2 is 2.03 bits per heavy atom. The molecule has 2 aromatic heterocycles. The number of likely N-dealkylation sites (tertiary alicyclic amines) is 1. The highest BCUT2D eigenvalue weighted by atomic mass is 35.5. The molecule has 1 unspecified atom stereocenters. The van der Waals surface area contributed by atoms with Gasteiger partial charge in [-0.2, -0.15) is 0 Å². The first-order valence-electron chi connectivity index (χ1n) is 11.7. The monoisotopic (exact) mass is 495 g/mol. The summed E-state index contributed by atoms with van der Waals surface area (Å²) < 4.78 is 1.84. The van der Waals surface area contributed by atoms with Gasteiger partial charge in [0.05, 0.1) is 27.5 Å². The molecule has 176 valence electrons. The molecule has 1 saturated heterocycles. The van der Waals surface area contributed by atoms with Crippen molar-refractivity contribution in [2.24, 2.45) is 0 Å². The quantitative estimate of drug-likeness (QED) is 0.564. The Bertz CT molecular complexity index is 1330. The van der Waals surface area contributed by atoms with Crippen molar-refractivity contribution in [3.05, 3.63) is 63.0 Å². The molecule has 1 amide bonds. The number of hydrogen-bond acceptors (Lipinski definition) is 6. The number of nitrogens with one attached hydrogen (secondary N) is 2. The van der Waals surface area contributed by atoms with Gasteiger partial charge in [-0.15, -0.1) is 11.8 Å². The molecule has 5 heterocycles. The maximum atomic E-state index is 12.4. The summed E-state index contributed by atoms with van der Waals surface area (Å²) in [6, 6.07) is 10.2. The largest absolute Gasteiger partial charge is 0.324 e. The van der Waals surface area contributed by atoms with E-state index in [1.807, 2.05) is 4.57 Å². The molecule has 3 aliphatic heterocycles. The first-order chi connectivity index (χ1) is 16.5. The molecular formula is C25H26ClN5O2S. The molecule has 3 aliphatic rings. The summed E-state index contributed by atoms with van der Waals surface area (Å²) in [5, 5.41) is 7.32. The molecule has 3 aromatic rings. The molecule has 0 saturated carbocycles. The third-order valence-corrected chi connectivity index (χ3v) is 8.52. The van der Waals surface area contributed by atoms with Crippen LogP contribution in [0.4, 0.5) is 5.69 Å². The van der Waals surface area contributed by atoms with Crippen LogP contribution >= 0.6 is 23.4 Å². The normalized spacial score (nSPS) is 20.5. The number of benzene rings is 1. The van der Waals surface area contributed by atoms with Crippen LogP contribution in [0.1, 0.15) is 29.9 Å². The maximum absolute atomic E-state index is 12.4. The Kier molecular flexibility index (Phi) is 5.85. The highest BCUT2D eigenvalue weighted by Crippen LogP contribution is 2.37. The van der Waals surface area contributed by atoms with Crippen molar-refractivity contribution in [1.29, 1.82) is 0 Å². The van der Waals surface area contributed by atoms with Gasteiger partial charge < -0.3 is 20.1 Å². The predicted molar refractivity (Wildman–Crippen MR) is 136 cm³/mol. The highest BCUT2D eigenvalue weighted by Gasteiger charge is 2.31. The minimum Gasteiger partial charge on any atom is -0.324 e. The van der Waals surface area contributed by atoms with Gasteiger partial charge in [0.2, 0.25) is 5.91 Å². The van der Waals surface area contributed by atoms with E-state index < -0.39 is 0 Å². The van der Waals surface area contributed by atoms with Gasteiger partial charge in [0.25, 0.3) is 5.56 Å². The van der Waals surface area contributed by atoms with E-state index in [0.29, 0.717) is 23.4 Å². The minimum absolute atomic E-state index is 0.0172. The van der Waals surface area contributed by atoms with Crippen LogP contribution in [0, 0.1) is 0 Å². The van der Waals surface area contributed by atoms with E-state index in [0.717, 1.165) is 66.2 Å². The van der Waals surface area contributed by atoms with Crippen LogP contribution in [0.15, 0.2) is 46.2 Å². The fraction of sp³-hybridized carbons (Fsp3) is 0.400. The molecule has 7 nitrogen and oxygen atoms in total. The topological polar surface area (TPSA) is 79.3 Å². The van der Waals surface area contributed by atoms with E-state index in [1.54, 1.807) is 30.1 Å². The first kappa shape index (κ1) is 22.1. The number of hydrogen-bond donors (Lipinski definition) is 2. The average molecular weight is 496 g/mol. The molecule has 0 spiro atoms. The van der Waals surface area contributed by atoms with Gasteiger partial charge in [-0.1, -0.05) is 17.7 Å². The lowest BCUT2D eigenvalue weighted by atomic mass is 9.98. The lowest BCUT2D eigenvalue weighted by molar-refractivity contribution is -0.113. The molecule has 0 radical (unpaired) electrons. The zero-order chi connectivity index (χ0) is 23.2. The number of thioether (sulfide) groups is 1. The fourth-order valence-corrected chi connectivity index (χ4v) is 6.51. The third kappa shape index (κ3) is 4.13. The Hall–Kier alpha value is -2.39. The zero-order valence-electron chi connectivity index (χ0n) is 18.7. The summed E-state index contributed by atoms with van der Waals surface area (Å²) in [6.45, 7) is 4.39. The number of pyridine rings is 2. The van der Waals surface area contributed by atoms with Gasteiger partial charge in [-0.05, 0) is 49.7 Å². The van der Waals surface area contributed by atoms with Crippen molar-refractivity contribution in [3.63, 3.8) is 0 Å². The van der Waals surface area contributed by atoms with Gasteiger partial charge in [0.1, 0.15) is 0 Å². The highest BCUT2D eigenvalue weighted by molar-refractivity contribution is 8.00. The van der Waals surface area contributed by atoms with E-state index in [9.17, 15) is 9.59 Å². The fourth-order valence-electron chi connectivity index (χ4n) is 5.43. The van der Waals surface area contributed by atoms with E-state index in [4.69, 9.17) is 11.6 Å². The summed E-state index contributed by atoms with van der Waals surface area (Å²) in [5.74, 6) is 0.769. The average Bonchev–Trinajstić information content (AvgIpc) is 3.23. The van der Waals surface area contributed by atoms with Crippen molar-refractivity contribution in [1.82, 2.24) is 19.8 Å². The van der Waals surface area contributed by atoms with Crippen LogP contribution in [0.2, 0.25) is 5.02 Å². The molecule has 6 rings (SSSR count). The zero-order valence-corrected chi connectivity index (χ0v) is 20.3. The number of rotatable bonds is 5. The smallest absolute Gasteiger partial charge is 0.251 e. The lowest BCUT2D eigenvalue weighted by Crippen LogP contribution is -2.43. The third-order valence-electron chi connectivity index (χ3n) is 7.14. The SMILES string of the molecule is O=C1CSc2ccc(CNC3CCN(CC4Cn5c(=O)ccc6ncc(Cl)c4c65)CC3)cc2N1. The molecule has 1 aromatic carbocycles. The van der Waals surface area contributed by atoms with Gasteiger partial charge >= 0.3 is 0 Å². The Balaban J connectivity index is 1.06. The maximum Gasteiger partial charge on any atom is 0.251 e. The molecule has 2 N–H and O–H groups in total. The van der Waals surface area contributed by atoms with E-state index in [1.165, 1.54) is 5.56 Å². The summed E-state index contributed by atoms with van der Waals surface area (Å²) in [4.78, 5) is 32.1. The van der Waals surface area contributed by atoms with Crippen molar-refractivity contribution < 1.29 is 4.79 Å². The van der Waals surface area contributed by atoms with Gasteiger partial charge in [0, 0.05) is 54.3 Å². The molecule has 0 bridgehead atoms. The summed E-state index contributed by atoms with van der Waals surface area (Å²) >= 11 is 8.14. The van der Waals surface area contributed by atoms with Gasteiger partial charge in [0.15, 0.2) is 0 Å². The van der Waals surface area contributed by atoms with Crippen LogP contribution in [-0.2, 0) is 17.9 Å². The van der Waals surface area contributed by atoms with Crippen LogP contribution in [-0.4, -0.2) is 51.8 Å². The number of piperidine rings is 1. The summed E-state index contributed by atoms with van der Waals surface area (Å²) in [5.41, 5.74) is 4.95. The van der Waals surface area contributed by atoms with Gasteiger partial charge in [-0.25, -0.2) is 0 Å². The number of carbonyl (C=O) groups excluding carboxylic acids is 1. The van der Waals surface area contributed by atoms with Crippen LogP contribution in [0.25, 0.3) is 11.0 Å². The minimum atomic E-state index is 0.0172. The standard InChI is InChI=1S/C25H26ClN5O2S/c26-18-11-28-19-2-4-23(33)31-13-16(24(18)25(19)31)12-30-7-5-17(6-8-30)27-10-15-1-3-21-20(9-15)29-22(32)14-34-21/h1-4,9,11,16-17,27H,5-8,10,12-14H2,(H,29,32). The van der Waals surface area contributed by atoms with Crippen molar-refractivity contribution in [2.75, 3.05) is 30.7 Å². The Morgan fingerprint density at radius 3 is 2.88 bits per heavy atom. The van der Waals surface area contributed by atoms with Crippen LogP contribution in [0.5, 0.6) is 0 Å². The number of fused-ring (bicyclic) bond motifs is 1. The van der Waals surface area contributed by atoms with Gasteiger partial charge in [-0.3, -0.25) is 14.6 Å². The van der Waals surface area contributed by atoms with E-state index >= 15 is 0 Å². The molecule has 0 aliphatic carbocycles. The number of carbonyl (C=O) groups is 1. The molecule has 9 heteroatoms. The first-order valence-corrected chi connectivity index (χ1v) is 13.1. The summed E-state index contributed by atoms with van der Waals surface area (Å²) in [6.07, 6.45) is 3.88. The number of amides is 1. The van der Waals surface area contributed by atoms with E-state index in [-0.39, 0.29) is 17.4 Å². The second-order valence-electron chi connectivity index (χ2n) is 9.36. The molecular weight excluding hydrogens is 470 g/mol. The van der Waals surface area contributed by atoms with Crippen LogP contribution in [0.3, 0.4) is 0 Å². The Morgan fingerprint density at radius 1 is 1.18 bits per heavy atom. The molecule has 1 atom stereocenters. The summed E-state index contributed by atoms with van der Waals surface area (Å²) in [7, 11) is 0. The van der Waals surface area contributed by atoms with Crippen molar-refractivity contribution >= 4 is 46.0 Å². The number of anilines is 1. The second kappa shape index (κ2) is 9.00. The molecule has 1 fully saturated rings. The van der Waals surface area contributed by atoms with Crippen molar-refractivity contribution in [3.8, 4) is 0 Å². The van der Waals surface area contributed by atoms with Crippen molar-refractivity contribution in [2.45, 2.75) is 42.8 Å². The number of halogens is 1. The number of aromatic nitrogens is 2. The second-order valence-corrected chi connectivity index (χ2v) is 10.8. The predicted octanol–water partition coefficient (Wildman–Crippen LogP) is 3.45. The van der Waals surface area contributed by atoms with E-state index in [2.05, 4.69) is 38.7 Å². The number of nitrogens with zero attached hydrogens (tertiary/aromatic N) is 3.